The summed E-state index contributed by atoms with van der Waals surface area (Å²) in [4.78, 5) is 0. The molecular weight excluding hydrogens is 224 g/mol. The highest BCUT2D eigenvalue weighted by Crippen LogP contribution is 2.35. The van der Waals surface area contributed by atoms with Crippen molar-refractivity contribution >= 4 is 0 Å². The topological polar surface area (TPSA) is 38.0 Å². The minimum Gasteiger partial charge on any atom is -0.271 e. The highest BCUT2D eigenvalue weighted by molar-refractivity contribution is 5.34. The normalized spacial score (nSPS) is 13.6. The molecule has 2 nitrogen and oxygen atoms in total. The molecule has 1 rings (SSSR count). The lowest BCUT2D eigenvalue weighted by Crippen LogP contribution is -2.28. The Kier molecular flexibility index (Phi) is 3.66. The van der Waals surface area contributed by atoms with Crippen molar-refractivity contribution in [1.82, 2.24) is 5.43 Å². The molecule has 88 valence electrons. The average molecular weight is 234 g/mol. The van der Waals surface area contributed by atoms with E-state index >= 15 is 0 Å². The molecule has 0 heterocycles. The number of nitrogens with two attached hydrogens (primary N) is 1. The molecule has 16 heavy (non-hydrogen) atoms. The van der Waals surface area contributed by atoms with Gasteiger partial charge in [0, 0.05) is 0 Å². The van der Waals surface area contributed by atoms with Gasteiger partial charge < -0.3 is 0 Å². The third-order valence-corrected chi connectivity index (χ3v) is 2.07. The predicted octanol–water partition coefficient (Wildman–Crippen LogP) is 2.53. The Balaban J connectivity index is 3.33. The molecule has 0 amide bonds. The van der Waals surface area contributed by atoms with Crippen molar-refractivity contribution in [2.45, 2.75) is 12.2 Å². The highest BCUT2D eigenvalue weighted by Gasteiger charge is 2.34. The van der Waals surface area contributed by atoms with Crippen LogP contribution >= 0.6 is 0 Å². The van der Waals surface area contributed by atoms with Crippen LogP contribution in [0.15, 0.2) is 30.9 Å². The lowest BCUT2D eigenvalue weighted by Gasteiger charge is -2.18. The van der Waals surface area contributed by atoms with Crippen LogP contribution in [-0.4, -0.2) is 0 Å². The molecule has 0 aromatic heterocycles. The molecule has 0 saturated heterocycles. The second-order valence-corrected chi connectivity index (χ2v) is 3.11. The minimum absolute atomic E-state index is 0.287. The van der Waals surface area contributed by atoms with Gasteiger partial charge in [-0.05, 0) is 23.8 Å². The lowest BCUT2D eigenvalue weighted by atomic mass is 10.00. The molecule has 0 aliphatic heterocycles. The summed E-state index contributed by atoms with van der Waals surface area (Å²) in [6.07, 6.45) is -3.38. The summed E-state index contributed by atoms with van der Waals surface area (Å²) in [7, 11) is 0. The van der Waals surface area contributed by atoms with Gasteiger partial charge in [-0.3, -0.25) is 5.84 Å². The van der Waals surface area contributed by atoms with Crippen molar-refractivity contribution in [1.29, 1.82) is 0 Å². The number of nitrogens with one attached hydrogen (secondary N) is 1. The zero-order chi connectivity index (χ0) is 12.3. The van der Waals surface area contributed by atoms with E-state index in [-0.39, 0.29) is 5.56 Å². The van der Waals surface area contributed by atoms with Gasteiger partial charge in [-0.15, -0.1) is 6.58 Å². The molecule has 1 atom stereocenters. The molecule has 0 spiro atoms. The van der Waals surface area contributed by atoms with Gasteiger partial charge in [0.1, 0.15) is 5.82 Å². The Morgan fingerprint density at radius 2 is 2.00 bits per heavy atom. The SMILES string of the molecule is C=CC(NN)c1cc(F)ccc1C(F)(F)F. The molecule has 1 unspecified atom stereocenters. The van der Waals surface area contributed by atoms with Crippen LogP contribution < -0.4 is 11.3 Å². The van der Waals surface area contributed by atoms with E-state index < -0.39 is 23.6 Å². The first kappa shape index (κ1) is 12.7. The van der Waals surface area contributed by atoms with Crippen LogP contribution in [0.2, 0.25) is 0 Å². The Morgan fingerprint density at radius 1 is 1.38 bits per heavy atom. The monoisotopic (exact) mass is 234 g/mol. The fourth-order valence-electron chi connectivity index (χ4n) is 1.33. The molecule has 0 bridgehead atoms. The van der Waals surface area contributed by atoms with Gasteiger partial charge in [0.2, 0.25) is 0 Å². The Bertz CT molecular complexity index is 387. The molecule has 0 radical (unpaired) electrons. The van der Waals surface area contributed by atoms with Gasteiger partial charge in [-0.1, -0.05) is 6.08 Å². The first-order valence-corrected chi connectivity index (χ1v) is 4.35. The summed E-state index contributed by atoms with van der Waals surface area (Å²) in [5.74, 6) is 4.31. The van der Waals surface area contributed by atoms with Crippen molar-refractivity contribution in [2.75, 3.05) is 0 Å². The summed E-state index contributed by atoms with van der Waals surface area (Å²) in [6.45, 7) is 3.33. The third kappa shape index (κ3) is 2.59. The number of benzene rings is 1. The van der Waals surface area contributed by atoms with E-state index in [1.165, 1.54) is 6.08 Å². The largest absolute Gasteiger partial charge is 0.416 e. The lowest BCUT2D eigenvalue weighted by molar-refractivity contribution is -0.138. The Morgan fingerprint density at radius 3 is 2.44 bits per heavy atom. The van der Waals surface area contributed by atoms with Crippen molar-refractivity contribution in [2.24, 2.45) is 5.84 Å². The number of halogens is 4. The zero-order valence-corrected chi connectivity index (χ0v) is 8.18. The number of hydrazine groups is 1. The van der Waals surface area contributed by atoms with Crippen molar-refractivity contribution in [3.05, 3.63) is 47.8 Å². The zero-order valence-electron chi connectivity index (χ0n) is 8.18. The maximum atomic E-state index is 12.9. The van der Waals surface area contributed by atoms with Gasteiger partial charge in [0.15, 0.2) is 0 Å². The quantitative estimate of drug-likeness (QED) is 0.365. The molecule has 3 N–H and O–H groups in total. The maximum Gasteiger partial charge on any atom is 0.416 e. The molecule has 1 aromatic carbocycles. The third-order valence-electron chi connectivity index (χ3n) is 2.07. The average Bonchev–Trinajstić information content (AvgIpc) is 2.17. The molecule has 0 saturated carbocycles. The molecule has 0 aliphatic rings. The number of alkyl halides is 3. The fraction of sp³-hybridized carbons (Fsp3) is 0.200. The van der Waals surface area contributed by atoms with Crippen molar-refractivity contribution < 1.29 is 17.6 Å². The van der Waals surface area contributed by atoms with Crippen LogP contribution in [0.5, 0.6) is 0 Å². The summed E-state index contributed by atoms with van der Waals surface area (Å²) in [6, 6.07) is 1.27. The first-order chi connectivity index (χ1) is 7.40. The first-order valence-electron chi connectivity index (χ1n) is 4.35. The molecular formula is C10H10F4N2. The van der Waals surface area contributed by atoms with Gasteiger partial charge in [-0.2, -0.15) is 13.2 Å². The van der Waals surface area contributed by atoms with Crippen LogP contribution in [0, 0.1) is 5.82 Å². The van der Waals surface area contributed by atoms with Crippen LogP contribution in [-0.2, 0) is 6.18 Å². The van der Waals surface area contributed by atoms with E-state index in [9.17, 15) is 17.6 Å². The standard InChI is InChI=1S/C10H10F4N2/c1-2-9(16-15)7-5-6(11)3-4-8(7)10(12,13)14/h2-5,9,16H,1,15H2. The maximum absolute atomic E-state index is 12.9. The van der Waals surface area contributed by atoms with Crippen LogP contribution in [0.4, 0.5) is 17.6 Å². The molecule has 6 heteroatoms. The number of hydrogen-bond acceptors (Lipinski definition) is 2. The van der Waals surface area contributed by atoms with Crippen LogP contribution in [0.3, 0.4) is 0 Å². The van der Waals surface area contributed by atoms with Crippen LogP contribution in [0.1, 0.15) is 17.2 Å². The van der Waals surface area contributed by atoms with Crippen molar-refractivity contribution in [3.63, 3.8) is 0 Å². The summed E-state index contributed by atoms with van der Waals surface area (Å²) >= 11 is 0. The second kappa shape index (κ2) is 4.63. The van der Waals surface area contributed by atoms with Crippen LogP contribution in [0.25, 0.3) is 0 Å². The summed E-state index contributed by atoms with van der Waals surface area (Å²) < 4.78 is 50.7. The van der Waals surface area contributed by atoms with Gasteiger partial charge in [0.05, 0.1) is 11.6 Å². The summed E-state index contributed by atoms with van der Waals surface area (Å²) in [5.41, 5.74) is 0.902. The second-order valence-electron chi connectivity index (χ2n) is 3.11. The Labute approximate surface area is 89.7 Å². The van der Waals surface area contributed by atoms with E-state index in [2.05, 4.69) is 12.0 Å². The van der Waals surface area contributed by atoms with Crippen molar-refractivity contribution in [3.8, 4) is 0 Å². The van der Waals surface area contributed by atoms with Gasteiger partial charge in [-0.25, -0.2) is 9.82 Å². The van der Waals surface area contributed by atoms with E-state index in [0.717, 1.165) is 12.1 Å². The van der Waals surface area contributed by atoms with E-state index in [1.807, 2.05) is 0 Å². The van der Waals surface area contributed by atoms with Gasteiger partial charge >= 0.3 is 6.18 Å². The smallest absolute Gasteiger partial charge is 0.271 e. The number of rotatable bonds is 3. The summed E-state index contributed by atoms with van der Waals surface area (Å²) in [5, 5.41) is 0. The molecule has 0 aliphatic carbocycles. The van der Waals surface area contributed by atoms with E-state index in [0.29, 0.717) is 6.07 Å². The van der Waals surface area contributed by atoms with E-state index in [4.69, 9.17) is 5.84 Å². The van der Waals surface area contributed by atoms with E-state index in [1.54, 1.807) is 0 Å². The van der Waals surface area contributed by atoms with Gasteiger partial charge in [0.25, 0.3) is 0 Å². The minimum atomic E-state index is -4.55. The Hall–Kier alpha value is -1.40. The highest BCUT2D eigenvalue weighted by atomic mass is 19.4. The molecule has 1 aromatic rings. The molecule has 0 fully saturated rings. The fourth-order valence-corrected chi connectivity index (χ4v) is 1.33. The number of hydrogen-bond donors (Lipinski definition) is 2. The predicted molar refractivity (Wildman–Crippen MR) is 51.7 cm³/mol.